The average molecular weight is 457 g/mol. The van der Waals surface area contributed by atoms with Gasteiger partial charge >= 0.3 is 0 Å². The fourth-order valence-corrected chi connectivity index (χ4v) is 4.95. The minimum absolute atomic E-state index is 0.230. The van der Waals surface area contributed by atoms with Gasteiger partial charge in [0.15, 0.2) is 0 Å². The molecule has 1 amide bonds. The molecule has 3 aromatic rings. The zero-order chi connectivity index (χ0) is 22.3. The maximum atomic E-state index is 12.3. The van der Waals surface area contributed by atoms with Gasteiger partial charge in [-0.15, -0.1) is 11.3 Å². The van der Waals surface area contributed by atoms with Crippen molar-refractivity contribution in [3.05, 3.63) is 77.2 Å². The number of carbonyl (C=O) groups is 1. The second-order valence-electron chi connectivity index (χ2n) is 6.58. The highest BCUT2D eigenvalue weighted by Gasteiger charge is 2.15. The van der Waals surface area contributed by atoms with Crippen LogP contribution in [0.15, 0.2) is 75.4 Å². The summed E-state index contributed by atoms with van der Waals surface area (Å²) >= 11 is 1.14. The Kier molecular flexibility index (Phi) is 7.43. The Morgan fingerprint density at radius 1 is 1.03 bits per heavy atom. The normalized spacial score (nSPS) is 11.4. The fourth-order valence-electron chi connectivity index (χ4n) is 2.90. The lowest BCUT2D eigenvalue weighted by Gasteiger charge is -2.20. The molecule has 9 heteroatoms. The van der Waals surface area contributed by atoms with Gasteiger partial charge in [0.1, 0.15) is 4.21 Å². The molecule has 3 rings (SSSR count). The van der Waals surface area contributed by atoms with Crippen molar-refractivity contribution in [2.24, 2.45) is 5.10 Å². The lowest BCUT2D eigenvalue weighted by molar-refractivity contribution is 0.0955. The van der Waals surface area contributed by atoms with E-state index in [4.69, 9.17) is 0 Å². The summed E-state index contributed by atoms with van der Waals surface area (Å²) in [4.78, 5) is 14.5. The van der Waals surface area contributed by atoms with E-state index in [2.05, 4.69) is 34.0 Å². The number of nitrogens with one attached hydrogen (secondary N) is 2. The number of thiophene rings is 1. The lowest BCUT2D eigenvalue weighted by Crippen LogP contribution is -2.21. The number of hydrogen-bond donors (Lipinski definition) is 2. The Balaban J connectivity index is 1.57. The first-order valence-corrected chi connectivity index (χ1v) is 12.1. The summed E-state index contributed by atoms with van der Waals surface area (Å²) in [5.41, 5.74) is 5.24. The zero-order valence-electron chi connectivity index (χ0n) is 17.3. The summed E-state index contributed by atoms with van der Waals surface area (Å²) in [6.45, 7) is 6.10. The molecule has 0 bridgehead atoms. The molecule has 0 aliphatic heterocycles. The summed E-state index contributed by atoms with van der Waals surface area (Å²) in [5, 5.41) is 5.70. The van der Waals surface area contributed by atoms with E-state index in [1.807, 2.05) is 24.3 Å². The van der Waals surface area contributed by atoms with Crippen LogP contribution in [0.25, 0.3) is 0 Å². The van der Waals surface area contributed by atoms with Crippen LogP contribution in [-0.2, 0) is 10.0 Å². The molecule has 0 saturated heterocycles. The number of nitrogens with zero attached hydrogens (tertiary/aromatic N) is 2. The van der Waals surface area contributed by atoms with Gasteiger partial charge in [0.05, 0.1) is 6.21 Å². The van der Waals surface area contributed by atoms with Crippen LogP contribution in [0.1, 0.15) is 29.8 Å². The topological polar surface area (TPSA) is 90.9 Å². The summed E-state index contributed by atoms with van der Waals surface area (Å²) in [5.74, 6) is -0.385. The third-order valence-electron chi connectivity index (χ3n) is 4.56. The van der Waals surface area contributed by atoms with Crippen molar-refractivity contribution < 1.29 is 13.2 Å². The molecule has 0 aliphatic carbocycles. The molecular weight excluding hydrogens is 432 g/mol. The van der Waals surface area contributed by atoms with Crippen LogP contribution in [-0.4, -0.2) is 33.6 Å². The van der Waals surface area contributed by atoms with Gasteiger partial charge in [0.25, 0.3) is 15.9 Å². The number of rotatable bonds is 9. The van der Waals surface area contributed by atoms with Crippen LogP contribution < -0.4 is 15.0 Å². The van der Waals surface area contributed by atoms with Crippen LogP contribution in [0, 0.1) is 0 Å². The third kappa shape index (κ3) is 5.93. The zero-order valence-corrected chi connectivity index (χ0v) is 18.9. The molecule has 2 aromatic carbocycles. The van der Waals surface area contributed by atoms with Crippen molar-refractivity contribution in [1.82, 2.24) is 5.43 Å². The van der Waals surface area contributed by atoms with Crippen LogP contribution in [0.2, 0.25) is 0 Å². The number of sulfonamides is 1. The van der Waals surface area contributed by atoms with E-state index in [0.717, 1.165) is 35.7 Å². The van der Waals surface area contributed by atoms with Gasteiger partial charge in [0.2, 0.25) is 0 Å². The van der Waals surface area contributed by atoms with Crippen LogP contribution in [0.3, 0.4) is 0 Å². The maximum Gasteiger partial charge on any atom is 0.271 e. The first-order chi connectivity index (χ1) is 14.9. The van der Waals surface area contributed by atoms with Crippen molar-refractivity contribution in [3.8, 4) is 0 Å². The summed E-state index contributed by atoms with van der Waals surface area (Å²) in [6.07, 6.45) is 1.58. The monoisotopic (exact) mass is 456 g/mol. The lowest BCUT2D eigenvalue weighted by atomic mass is 10.2. The van der Waals surface area contributed by atoms with Crippen molar-refractivity contribution in [1.29, 1.82) is 0 Å². The maximum absolute atomic E-state index is 12.3. The number of hydrazone groups is 1. The van der Waals surface area contributed by atoms with Gasteiger partial charge in [-0.1, -0.05) is 18.2 Å². The number of benzene rings is 2. The third-order valence-corrected chi connectivity index (χ3v) is 7.34. The molecule has 31 heavy (non-hydrogen) atoms. The Morgan fingerprint density at radius 3 is 2.29 bits per heavy atom. The smallest absolute Gasteiger partial charge is 0.271 e. The van der Waals surface area contributed by atoms with Gasteiger partial charge < -0.3 is 4.90 Å². The van der Waals surface area contributed by atoms with Crippen molar-refractivity contribution in [2.45, 2.75) is 18.1 Å². The van der Waals surface area contributed by atoms with Gasteiger partial charge in [0, 0.05) is 30.0 Å². The highest BCUT2D eigenvalue weighted by molar-refractivity contribution is 7.94. The predicted octanol–water partition coefficient (Wildman–Crippen LogP) is 4.16. The van der Waals surface area contributed by atoms with Crippen molar-refractivity contribution in [3.63, 3.8) is 0 Å². The minimum atomic E-state index is -3.62. The summed E-state index contributed by atoms with van der Waals surface area (Å²) in [7, 11) is -3.62. The summed E-state index contributed by atoms with van der Waals surface area (Å²) < 4.78 is 27.2. The molecule has 0 aliphatic rings. The van der Waals surface area contributed by atoms with Gasteiger partial charge in [-0.2, -0.15) is 5.10 Å². The van der Waals surface area contributed by atoms with Crippen LogP contribution in [0.4, 0.5) is 11.4 Å². The first kappa shape index (κ1) is 22.5. The van der Waals surface area contributed by atoms with E-state index >= 15 is 0 Å². The number of hydrogen-bond acceptors (Lipinski definition) is 6. The molecule has 2 N–H and O–H groups in total. The summed E-state index contributed by atoms with van der Waals surface area (Å²) in [6, 6.07) is 17.3. The van der Waals surface area contributed by atoms with Gasteiger partial charge in [-0.05, 0) is 67.3 Å². The van der Waals surface area contributed by atoms with Gasteiger partial charge in [-0.25, -0.2) is 13.8 Å². The Morgan fingerprint density at radius 2 is 1.71 bits per heavy atom. The Labute approximate surface area is 186 Å². The minimum Gasteiger partial charge on any atom is -0.372 e. The molecule has 7 nitrogen and oxygen atoms in total. The van der Waals surface area contributed by atoms with Gasteiger partial charge in [-0.3, -0.25) is 9.52 Å². The fraction of sp³-hybridized carbons (Fsp3) is 0.182. The SMILES string of the molecule is CCN(CC)c1ccc(/C=N/NC(=O)c2ccc(NS(=O)(=O)c3cccs3)cc2)cc1. The van der Waals surface area contributed by atoms with E-state index in [1.165, 1.54) is 30.3 Å². The first-order valence-electron chi connectivity index (χ1n) is 9.77. The number of amides is 1. The Hall–Kier alpha value is -3.17. The van der Waals surface area contributed by atoms with Crippen molar-refractivity contribution in [2.75, 3.05) is 22.7 Å². The van der Waals surface area contributed by atoms with Crippen LogP contribution in [0.5, 0.6) is 0 Å². The molecule has 1 heterocycles. The quantitative estimate of drug-likeness (QED) is 0.374. The highest BCUT2D eigenvalue weighted by Crippen LogP contribution is 2.20. The largest absolute Gasteiger partial charge is 0.372 e. The molecule has 162 valence electrons. The molecule has 0 atom stereocenters. The second kappa shape index (κ2) is 10.2. The van der Waals surface area contributed by atoms with E-state index in [9.17, 15) is 13.2 Å². The number of carbonyl (C=O) groups excluding carboxylic acids is 1. The average Bonchev–Trinajstić information content (AvgIpc) is 3.32. The standard InChI is InChI=1S/C22H24N4O3S2/c1-3-26(4-2)20-13-7-17(8-14-20)16-23-24-22(27)18-9-11-19(12-10-18)25-31(28,29)21-6-5-15-30-21/h5-16,25H,3-4H2,1-2H3,(H,24,27)/b23-16+. The molecule has 0 spiro atoms. The molecular formula is C22H24N4O3S2. The molecule has 0 fully saturated rings. The number of anilines is 2. The van der Waals surface area contributed by atoms with Crippen LogP contribution >= 0.6 is 11.3 Å². The molecule has 0 radical (unpaired) electrons. The molecule has 0 unspecified atom stereocenters. The Bertz CT molecular complexity index is 1120. The van der Waals surface area contributed by atoms with Crippen molar-refractivity contribution >= 4 is 44.9 Å². The van der Waals surface area contributed by atoms with E-state index in [0.29, 0.717) is 11.3 Å². The second-order valence-corrected chi connectivity index (χ2v) is 9.43. The predicted molar refractivity (Wildman–Crippen MR) is 127 cm³/mol. The van der Waals surface area contributed by atoms with E-state index in [-0.39, 0.29) is 10.1 Å². The van der Waals surface area contributed by atoms with E-state index in [1.54, 1.807) is 17.7 Å². The highest BCUT2D eigenvalue weighted by atomic mass is 32.2. The molecule has 1 aromatic heterocycles. The molecule has 0 saturated carbocycles. The van der Waals surface area contributed by atoms with E-state index < -0.39 is 10.0 Å².